The standard InChI is InChI=1S/C24H24N2O7S/c1-4-32-18-7-5-6-16(22(18)33-13-21(28)29)11-19-23(30)26(24(31)34-19)12-20(27)25-17-10-14(2)8-9-15(17)3/h5-11H,4,12-13H2,1-3H3,(H,25,27)(H,28,29)/b19-11-. The van der Waals surface area contributed by atoms with E-state index in [1.807, 2.05) is 32.0 Å². The fourth-order valence-electron chi connectivity index (χ4n) is 3.19. The number of thioether (sulfide) groups is 1. The fourth-order valence-corrected chi connectivity index (χ4v) is 4.01. The summed E-state index contributed by atoms with van der Waals surface area (Å²) in [6.07, 6.45) is 1.42. The summed E-state index contributed by atoms with van der Waals surface area (Å²) in [6, 6.07) is 10.5. The first-order valence-electron chi connectivity index (χ1n) is 10.4. The molecule has 9 nitrogen and oxygen atoms in total. The summed E-state index contributed by atoms with van der Waals surface area (Å²) in [5.41, 5.74) is 2.80. The van der Waals surface area contributed by atoms with Gasteiger partial charge in [-0.25, -0.2) is 4.79 Å². The third kappa shape index (κ3) is 5.96. The highest BCUT2D eigenvalue weighted by Crippen LogP contribution is 2.37. The summed E-state index contributed by atoms with van der Waals surface area (Å²) in [6.45, 7) is 4.78. The number of imide groups is 1. The number of para-hydroxylation sites is 1. The van der Waals surface area contributed by atoms with Crippen LogP contribution in [0.5, 0.6) is 11.5 Å². The van der Waals surface area contributed by atoms with Gasteiger partial charge in [0.15, 0.2) is 18.1 Å². The summed E-state index contributed by atoms with van der Waals surface area (Å²) in [5.74, 6) is -1.85. The van der Waals surface area contributed by atoms with E-state index < -0.39 is 36.2 Å². The number of hydrogen-bond acceptors (Lipinski definition) is 7. The Hall–Kier alpha value is -3.79. The van der Waals surface area contributed by atoms with Gasteiger partial charge in [-0.2, -0.15) is 0 Å². The van der Waals surface area contributed by atoms with Crippen LogP contribution in [-0.2, 0) is 14.4 Å². The Morgan fingerprint density at radius 2 is 1.91 bits per heavy atom. The molecule has 0 aromatic heterocycles. The molecule has 1 saturated heterocycles. The molecule has 34 heavy (non-hydrogen) atoms. The normalized spacial score (nSPS) is 14.4. The van der Waals surface area contributed by atoms with E-state index in [0.717, 1.165) is 16.0 Å². The second-order valence-corrected chi connectivity index (χ2v) is 8.42. The van der Waals surface area contributed by atoms with Gasteiger partial charge in [0.05, 0.1) is 11.5 Å². The minimum absolute atomic E-state index is 0.0818. The second kappa shape index (κ2) is 10.9. The largest absolute Gasteiger partial charge is 0.490 e. The Bertz CT molecular complexity index is 1180. The van der Waals surface area contributed by atoms with Crippen molar-refractivity contribution in [1.29, 1.82) is 0 Å². The van der Waals surface area contributed by atoms with Crippen molar-refractivity contribution < 1.29 is 33.8 Å². The molecule has 0 aliphatic carbocycles. The summed E-state index contributed by atoms with van der Waals surface area (Å²) >= 11 is 0.689. The SMILES string of the molecule is CCOc1cccc(/C=C2\SC(=O)N(CC(=O)Nc3cc(C)ccc3C)C2=O)c1OCC(=O)O. The molecule has 3 rings (SSSR count). The first kappa shape index (κ1) is 24.8. The minimum Gasteiger partial charge on any atom is -0.490 e. The van der Waals surface area contributed by atoms with Crippen LogP contribution in [0.15, 0.2) is 41.3 Å². The number of ether oxygens (including phenoxy) is 2. The molecule has 2 aromatic carbocycles. The third-order valence-electron chi connectivity index (χ3n) is 4.78. The number of amides is 3. The molecule has 0 spiro atoms. The number of carboxylic acid groups (broad SMARTS) is 1. The van der Waals surface area contributed by atoms with Gasteiger partial charge in [0.25, 0.3) is 11.1 Å². The molecule has 1 aliphatic rings. The van der Waals surface area contributed by atoms with E-state index in [0.29, 0.717) is 35.4 Å². The van der Waals surface area contributed by atoms with Crippen LogP contribution in [0, 0.1) is 13.8 Å². The highest BCUT2D eigenvalue weighted by molar-refractivity contribution is 8.18. The lowest BCUT2D eigenvalue weighted by Gasteiger charge is -2.14. The lowest BCUT2D eigenvalue weighted by Crippen LogP contribution is -2.36. The highest BCUT2D eigenvalue weighted by Gasteiger charge is 2.36. The van der Waals surface area contributed by atoms with Gasteiger partial charge >= 0.3 is 5.97 Å². The van der Waals surface area contributed by atoms with Crippen molar-refractivity contribution in [2.75, 3.05) is 25.1 Å². The van der Waals surface area contributed by atoms with Gasteiger partial charge in [0, 0.05) is 11.3 Å². The molecule has 0 unspecified atom stereocenters. The van der Waals surface area contributed by atoms with Gasteiger partial charge in [-0.3, -0.25) is 19.3 Å². The average molecular weight is 485 g/mol. The lowest BCUT2D eigenvalue weighted by atomic mass is 10.1. The number of nitrogens with one attached hydrogen (secondary N) is 1. The molecule has 3 amide bonds. The number of rotatable bonds is 9. The summed E-state index contributed by atoms with van der Waals surface area (Å²) < 4.78 is 10.9. The zero-order chi connectivity index (χ0) is 24.8. The average Bonchev–Trinajstić information content (AvgIpc) is 3.03. The second-order valence-electron chi connectivity index (χ2n) is 7.42. The van der Waals surface area contributed by atoms with Crippen LogP contribution in [0.1, 0.15) is 23.6 Å². The number of aryl methyl sites for hydroxylation is 2. The Morgan fingerprint density at radius 3 is 2.62 bits per heavy atom. The molecule has 0 radical (unpaired) electrons. The van der Waals surface area contributed by atoms with Crippen molar-refractivity contribution in [3.05, 3.63) is 58.0 Å². The van der Waals surface area contributed by atoms with Crippen molar-refractivity contribution in [3.63, 3.8) is 0 Å². The summed E-state index contributed by atoms with van der Waals surface area (Å²) in [5, 5.41) is 11.1. The first-order valence-corrected chi connectivity index (χ1v) is 11.2. The zero-order valence-electron chi connectivity index (χ0n) is 18.9. The van der Waals surface area contributed by atoms with Crippen LogP contribution in [0.3, 0.4) is 0 Å². The maximum atomic E-state index is 12.9. The van der Waals surface area contributed by atoms with Crippen molar-refractivity contribution >= 4 is 46.5 Å². The predicted molar refractivity (Wildman–Crippen MR) is 128 cm³/mol. The Labute approximate surface area is 200 Å². The highest BCUT2D eigenvalue weighted by atomic mass is 32.2. The van der Waals surface area contributed by atoms with E-state index in [9.17, 15) is 19.2 Å². The van der Waals surface area contributed by atoms with Gasteiger partial charge in [0.1, 0.15) is 6.54 Å². The van der Waals surface area contributed by atoms with Crippen LogP contribution >= 0.6 is 11.8 Å². The lowest BCUT2D eigenvalue weighted by molar-refractivity contribution is -0.139. The quantitative estimate of drug-likeness (QED) is 0.515. The topological polar surface area (TPSA) is 122 Å². The molecule has 2 aromatic rings. The molecule has 1 aliphatic heterocycles. The van der Waals surface area contributed by atoms with Crippen molar-refractivity contribution in [1.82, 2.24) is 4.90 Å². The van der Waals surface area contributed by atoms with Gasteiger partial charge in [0.2, 0.25) is 5.91 Å². The maximum Gasteiger partial charge on any atom is 0.341 e. The Kier molecular flexibility index (Phi) is 7.95. The van der Waals surface area contributed by atoms with E-state index >= 15 is 0 Å². The summed E-state index contributed by atoms with van der Waals surface area (Å²) in [4.78, 5) is 49.8. The maximum absolute atomic E-state index is 12.9. The van der Waals surface area contributed by atoms with E-state index in [1.54, 1.807) is 25.1 Å². The van der Waals surface area contributed by atoms with Gasteiger partial charge < -0.3 is 19.9 Å². The number of carbonyl (C=O) groups is 4. The third-order valence-corrected chi connectivity index (χ3v) is 5.69. The Balaban J connectivity index is 1.80. The van der Waals surface area contributed by atoms with Gasteiger partial charge in [-0.15, -0.1) is 0 Å². The smallest absolute Gasteiger partial charge is 0.341 e. The molecular formula is C24H24N2O7S. The molecule has 1 heterocycles. The Morgan fingerprint density at radius 1 is 1.15 bits per heavy atom. The number of carboxylic acids is 1. The van der Waals surface area contributed by atoms with Crippen LogP contribution < -0.4 is 14.8 Å². The van der Waals surface area contributed by atoms with Crippen molar-refractivity contribution in [3.8, 4) is 11.5 Å². The molecular weight excluding hydrogens is 460 g/mol. The zero-order valence-corrected chi connectivity index (χ0v) is 19.7. The van der Waals surface area contributed by atoms with Crippen LogP contribution in [0.4, 0.5) is 10.5 Å². The van der Waals surface area contributed by atoms with Crippen molar-refractivity contribution in [2.45, 2.75) is 20.8 Å². The number of hydrogen-bond donors (Lipinski definition) is 2. The number of aliphatic carboxylic acids is 1. The monoisotopic (exact) mass is 484 g/mol. The number of anilines is 1. The van der Waals surface area contributed by atoms with Crippen LogP contribution in [0.2, 0.25) is 0 Å². The molecule has 178 valence electrons. The summed E-state index contributed by atoms with van der Waals surface area (Å²) in [7, 11) is 0. The van der Waals surface area contributed by atoms with E-state index in [1.165, 1.54) is 6.08 Å². The first-order chi connectivity index (χ1) is 16.2. The van der Waals surface area contributed by atoms with E-state index in [2.05, 4.69) is 5.32 Å². The van der Waals surface area contributed by atoms with Gasteiger partial charge in [-0.05, 0) is 61.9 Å². The molecule has 0 bridgehead atoms. The number of nitrogens with zero attached hydrogens (tertiary/aromatic N) is 1. The predicted octanol–water partition coefficient (Wildman–Crippen LogP) is 3.84. The number of carbonyl (C=O) groups excluding carboxylic acids is 3. The van der Waals surface area contributed by atoms with Crippen LogP contribution in [-0.4, -0.2) is 52.8 Å². The fraction of sp³-hybridized carbons (Fsp3) is 0.250. The van der Waals surface area contributed by atoms with E-state index in [-0.39, 0.29) is 10.7 Å². The number of benzene rings is 2. The molecule has 1 fully saturated rings. The van der Waals surface area contributed by atoms with Crippen LogP contribution in [0.25, 0.3) is 6.08 Å². The van der Waals surface area contributed by atoms with Crippen molar-refractivity contribution in [2.24, 2.45) is 0 Å². The van der Waals surface area contributed by atoms with E-state index in [4.69, 9.17) is 14.6 Å². The van der Waals surface area contributed by atoms with Gasteiger partial charge in [-0.1, -0.05) is 24.3 Å². The molecule has 2 N–H and O–H groups in total. The molecule has 0 saturated carbocycles. The molecule has 0 atom stereocenters. The minimum atomic E-state index is -1.17. The molecule has 10 heteroatoms.